The van der Waals surface area contributed by atoms with Crippen LogP contribution in [0, 0.1) is 5.92 Å². The molecular formula is C16H26BrNO. The van der Waals surface area contributed by atoms with Crippen LogP contribution in [0.5, 0.6) is 5.75 Å². The van der Waals surface area contributed by atoms with Crippen molar-refractivity contribution in [1.82, 2.24) is 0 Å². The SMILES string of the molecule is CCCCC(CC)COc1cc(Br)ccc1[C@H](C)N. The standard InChI is InChI=1S/C16H26BrNO/c1-4-6-7-13(5-2)11-19-16-10-14(17)8-9-15(16)12(3)18/h8-10,12-13H,4-7,11,18H2,1-3H3/t12-,13?/m0/s1. The Kier molecular flexibility index (Phi) is 7.47. The van der Waals surface area contributed by atoms with Crippen LogP contribution in [0.15, 0.2) is 22.7 Å². The summed E-state index contributed by atoms with van der Waals surface area (Å²) >= 11 is 3.49. The molecule has 0 radical (unpaired) electrons. The smallest absolute Gasteiger partial charge is 0.125 e. The van der Waals surface area contributed by atoms with Gasteiger partial charge >= 0.3 is 0 Å². The highest BCUT2D eigenvalue weighted by molar-refractivity contribution is 9.10. The monoisotopic (exact) mass is 327 g/mol. The van der Waals surface area contributed by atoms with Gasteiger partial charge in [0.1, 0.15) is 5.75 Å². The molecule has 1 aromatic rings. The van der Waals surface area contributed by atoms with Crippen LogP contribution in [0.4, 0.5) is 0 Å². The lowest BCUT2D eigenvalue weighted by molar-refractivity contribution is 0.230. The molecule has 0 fully saturated rings. The molecule has 0 saturated heterocycles. The molecule has 19 heavy (non-hydrogen) atoms. The molecule has 0 aromatic heterocycles. The van der Waals surface area contributed by atoms with Crippen molar-refractivity contribution in [1.29, 1.82) is 0 Å². The topological polar surface area (TPSA) is 35.2 Å². The number of rotatable bonds is 8. The molecule has 0 bridgehead atoms. The molecule has 0 aliphatic rings. The van der Waals surface area contributed by atoms with Gasteiger partial charge in [-0.15, -0.1) is 0 Å². The summed E-state index contributed by atoms with van der Waals surface area (Å²) < 4.78 is 7.06. The zero-order chi connectivity index (χ0) is 14.3. The summed E-state index contributed by atoms with van der Waals surface area (Å²) in [4.78, 5) is 0. The molecular weight excluding hydrogens is 302 g/mol. The third kappa shape index (κ3) is 5.53. The van der Waals surface area contributed by atoms with Gasteiger partial charge < -0.3 is 10.5 Å². The summed E-state index contributed by atoms with van der Waals surface area (Å²) in [6.07, 6.45) is 4.94. The molecule has 0 aliphatic heterocycles. The predicted octanol–water partition coefficient (Wildman–Crippen LogP) is 5.06. The van der Waals surface area contributed by atoms with E-state index in [9.17, 15) is 0 Å². The van der Waals surface area contributed by atoms with Crippen LogP contribution in [-0.2, 0) is 0 Å². The van der Waals surface area contributed by atoms with E-state index < -0.39 is 0 Å². The number of benzene rings is 1. The van der Waals surface area contributed by atoms with Crippen molar-refractivity contribution in [2.75, 3.05) is 6.61 Å². The van der Waals surface area contributed by atoms with Gasteiger partial charge in [-0.2, -0.15) is 0 Å². The first kappa shape index (κ1) is 16.5. The molecule has 2 N–H and O–H groups in total. The Labute approximate surface area is 125 Å². The largest absolute Gasteiger partial charge is 0.493 e. The normalized spacial score (nSPS) is 14.2. The molecule has 1 rings (SSSR count). The van der Waals surface area contributed by atoms with E-state index in [4.69, 9.17) is 10.5 Å². The van der Waals surface area contributed by atoms with Gasteiger partial charge in [0.25, 0.3) is 0 Å². The maximum atomic E-state index is 6.02. The van der Waals surface area contributed by atoms with E-state index in [2.05, 4.69) is 29.8 Å². The highest BCUT2D eigenvalue weighted by atomic mass is 79.9. The predicted molar refractivity (Wildman–Crippen MR) is 85.5 cm³/mol. The number of hydrogen-bond donors (Lipinski definition) is 1. The average molecular weight is 328 g/mol. The highest BCUT2D eigenvalue weighted by Gasteiger charge is 2.12. The number of nitrogens with two attached hydrogens (primary N) is 1. The maximum absolute atomic E-state index is 6.02. The van der Waals surface area contributed by atoms with Crippen molar-refractivity contribution in [3.05, 3.63) is 28.2 Å². The van der Waals surface area contributed by atoms with E-state index in [0.29, 0.717) is 5.92 Å². The highest BCUT2D eigenvalue weighted by Crippen LogP contribution is 2.28. The van der Waals surface area contributed by atoms with Crippen molar-refractivity contribution >= 4 is 15.9 Å². The second kappa shape index (κ2) is 8.60. The molecule has 2 nitrogen and oxygen atoms in total. The molecule has 0 heterocycles. The van der Waals surface area contributed by atoms with Crippen LogP contribution in [0.1, 0.15) is 58.1 Å². The van der Waals surface area contributed by atoms with Crippen LogP contribution < -0.4 is 10.5 Å². The first-order valence-electron chi connectivity index (χ1n) is 7.26. The summed E-state index contributed by atoms with van der Waals surface area (Å²) in [6, 6.07) is 6.07. The van der Waals surface area contributed by atoms with Crippen molar-refractivity contribution in [2.24, 2.45) is 11.7 Å². The molecule has 108 valence electrons. The Morgan fingerprint density at radius 2 is 2.05 bits per heavy atom. The van der Waals surface area contributed by atoms with Gasteiger partial charge in [-0.25, -0.2) is 0 Å². The molecule has 0 spiro atoms. The number of ether oxygens (including phenoxy) is 1. The Hall–Kier alpha value is -0.540. The molecule has 2 atom stereocenters. The van der Waals surface area contributed by atoms with E-state index >= 15 is 0 Å². The maximum Gasteiger partial charge on any atom is 0.125 e. The first-order chi connectivity index (χ1) is 9.08. The van der Waals surface area contributed by atoms with E-state index in [1.54, 1.807) is 0 Å². The lowest BCUT2D eigenvalue weighted by Gasteiger charge is -2.19. The van der Waals surface area contributed by atoms with E-state index in [-0.39, 0.29) is 6.04 Å². The van der Waals surface area contributed by atoms with E-state index in [0.717, 1.165) is 22.4 Å². The number of halogens is 1. The Bertz CT molecular complexity index is 379. The third-order valence-corrected chi connectivity index (χ3v) is 3.98. The summed E-state index contributed by atoms with van der Waals surface area (Å²) in [5, 5.41) is 0. The van der Waals surface area contributed by atoms with Crippen molar-refractivity contribution in [3.8, 4) is 5.75 Å². The fraction of sp³-hybridized carbons (Fsp3) is 0.625. The molecule has 1 aromatic carbocycles. The van der Waals surface area contributed by atoms with Gasteiger partial charge in [0.05, 0.1) is 6.61 Å². The molecule has 1 unspecified atom stereocenters. The van der Waals surface area contributed by atoms with Gasteiger partial charge in [0.2, 0.25) is 0 Å². The van der Waals surface area contributed by atoms with Crippen LogP contribution in [0.3, 0.4) is 0 Å². The lowest BCUT2D eigenvalue weighted by Crippen LogP contribution is -2.14. The van der Waals surface area contributed by atoms with E-state index in [1.807, 2.05) is 25.1 Å². The molecule has 0 aliphatic carbocycles. The average Bonchev–Trinajstić information content (AvgIpc) is 2.38. The second-order valence-corrected chi connectivity index (χ2v) is 6.11. The quantitative estimate of drug-likeness (QED) is 0.723. The lowest BCUT2D eigenvalue weighted by atomic mass is 10.0. The Balaban J connectivity index is 2.67. The minimum atomic E-state index is -0.00109. The Morgan fingerprint density at radius 1 is 1.32 bits per heavy atom. The summed E-state index contributed by atoms with van der Waals surface area (Å²) in [6.45, 7) is 7.24. The van der Waals surface area contributed by atoms with Gasteiger partial charge in [-0.05, 0) is 31.4 Å². The van der Waals surface area contributed by atoms with Crippen molar-refractivity contribution in [2.45, 2.75) is 52.5 Å². The minimum absolute atomic E-state index is 0.00109. The van der Waals surface area contributed by atoms with Crippen LogP contribution >= 0.6 is 15.9 Å². The van der Waals surface area contributed by atoms with Gasteiger partial charge in [0.15, 0.2) is 0 Å². The zero-order valence-corrected chi connectivity index (χ0v) is 13.9. The van der Waals surface area contributed by atoms with Crippen molar-refractivity contribution < 1.29 is 4.74 Å². The van der Waals surface area contributed by atoms with Gasteiger partial charge in [0, 0.05) is 16.1 Å². The molecule has 0 amide bonds. The second-order valence-electron chi connectivity index (χ2n) is 5.20. The van der Waals surface area contributed by atoms with Crippen LogP contribution in [0.2, 0.25) is 0 Å². The minimum Gasteiger partial charge on any atom is -0.493 e. The number of unbranched alkanes of at least 4 members (excludes halogenated alkanes) is 1. The first-order valence-corrected chi connectivity index (χ1v) is 8.05. The van der Waals surface area contributed by atoms with Gasteiger partial charge in [-0.1, -0.05) is 55.1 Å². The molecule has 3 heteroatoms. The van der Waals surface area contributed by atoms with Crippen molar-refractivity contribution in [3.63, 3.8) is 0 Å². The van der Waals surface area contributed by atoms with E-state index in [1.165, 1.54) is 25.7 Å². The third-order valence-electron chi connectivity index (χ3n) is 3.48. The van der Waals surface area contributed by atoms with Crippen LogP contribution in [0.25, 0.3) is 0 Å². The fourth-order valence-electron chi connectivity index (χ4n) is 2.12. The number of hydrogen-bond acceptors (Lipinski definition) is 2. The Morgan fingerprint density at radius 3 is 2.63 bits per heavy atom. The zero-order valence-electron chi connectivity index (χ0n) is 12.3. The van der Waals surface area contributed by atoms with Gasteiger partial charge in [-0.3, -0.25) is 0 Å². The molecule has 0 saturated carbocycles. The van der Waals surface area contributed by atoms with Crippen LogP contribution in [-0.4, -0.2) is 6.61 Å². The summed E-state index contributed by atoms with van der Waals surface area (Å²) in [5.41, 5.74) is 7.07. The summed E-state index contributed by atoms with van der Waals surface area (Å²) in [7, 11) is 0. The summed E-state index contributed by atoms with van der Waals surface area (Å²) in [5.74, 6) is 1.55. The fourth-order valence-corrected chi connectivity index (χ4v) is 2.46.